The van der Waals surface area contributed by atoms with Crippen molar-refractivity contribution >= 4 is 5.91 Å². The minimum absolute atomic E-state index is 0.208. The highest BCUT2D eigenvalue weighted by Gasteiger charge is 2.53. The molecule has 12 N–H and O–H groups in total. The van der Waals surface area contributed by atoms with E-state index in [0.29, 0.717) is 12.8 Å². The van der Waals surface area contributed by atoms with Crippen molar-refractivity contribution in [1.82, 2.24) is 5.32 Å². The maximum absolute atomic E-state index is 13.4. The van der Waals surface area contributed by atoms with Crippen molar-refractivity contribution in [3.05, 3.63) is 109 Å². The number of carbonyl (C=O) groups excluding carboxylic acids is 1. The van der Waals surface area contributed by atoms with E-state index in [1.807, 2.05) is 6.08 Å². The van der Waals surface area contributed by atoms with Gasteiger partial charge in [-0.3, -0.25) is 4.79 Å². The van der Waals surface area contributed by atoms with Crippen molar-refractivity contribution in [3.63, 3.8) is 0 Å². The number of rotatable bonds is 50. The fourth-order valence-corrected chi connectivity index (χ4v) is 10.8. The Morgan fingerprint density at radius 2 is 0.778 bits per heavy atom. The maximum Gasteiger partial charge on any atom is 0.220 e. The zero-order valence-corrected chi connectivity index (χ0v) is 54.3. The molecule has 0 saturated carbocycles. The van der Waals surface area contributed by atoms with Gasteiger partial charge in [-0.1, -0.05) is 207 Å². The first-order valence-electron chi connectivity index (χ1n) is 34.1. The number of unbranched alkanes of at least 4 members (excludes halogenated alkanes) is 18. The Morgan fingerprint density at radius 3 is 1.24 bits per heavy atom. The number of aliphatic hydroxyl groups excluding tert-OH is 11. The molecule has 3 saturated heterocycles. The second-order valence-corrected chi connectivity index (χ2v) is 23.9. The van der Waals surface area contributed by atoms with Gasteiger partial charge in [-0.2, -0.15) is 0 Å². The van der Waals surface area contributed by atoms with Crippen LogP contribution < -0.4 is 5.32 Å². The van der Waals surface area contributed by atoms with E-state index in [-0.39, 0.29) is 18.9 Å². The SMILES string of the molecule is CC/C=C\C/C=C\C/C=C\C/C=C\C/C=C\C/C=C\CCCCCCCCC(=O)NC(COC1OC(CO)C(OC2OC(CO)C(OC3OC(CO)C(O)C(O)C3O)C(O)C2O)C(O)C1O)C(O)/C=C/CC/C=C/CC/C=C/CCCCCCCCCCCC. The molecule has 0 aromatic carbocycles. The minimum atomic E-state index is -1.99. The van der Waals surface area contributed by atoms with Gasteiger partial charge < -0.3 is 89.9 Å². The Hall–Kier alpha value is -3.55. The Labute approximate surface area is 538 Å². The number of hydrogen-bond donors (Lipinski definition) is 12. The van der Waals surface area contributed by atoms with Gasteiger partial charge in [0, 0.05) is 6.42 Å². The fourth-order valence-electron chi connectivity index (χ4n) is 10.8. The van der Waals surface area contributed by atoms with Crippen LogP contribution >= 0.6 is 0 Å². The molecular weight excluding hydrogens is 1150 g/mol. The molecule has 0 bridgehead atoms. The Balaban J connectivity index is 1.48. The van der Waals surface area contributed by atoms with Gasteiger partial charge in [-0.05, 0) is 96.3 Å². The molecule has 3 aliphatic rings. The average molecular weight is 1270 g/mol. The smallest absolute Gasteiger partial charge is 0.220 e. The summed E-state index contributed by atoms with van der Waals surface area (Å²) < 4.78 is 34.3. The number of hydrogen-bond acceptors (Lipinski definition) is 18. The molecule has 3 fully saturated rings. The molecule has 0 aromatic rings. The molecule has 90 heavy (non-hydrogen) atoms. The van der Waals surface area contributed by atoms with Gasteiger partial charge in [-0.15, -0.1) is 0 Å². The first kappa shape index (κ1) is 80.7. The lowest BCUT2D eigenvalue weighted by Crippen LogP contribution is -2.66. The van der Waals surface area contributed by atoms with Gasteiger partial charge in [0.05, 0.1) is 38.6 Å². The van der Waals surface area contributed by atoms with Crippen molar-refractivity contribution < 1.29 is 89.4 Å². The van der Waals surface area contributed by atoms with Crippen LogP contribution in [-0.4, -0.2) is 193 Å². The minimum Gasteiger partial charge on any atom is -0.394 e. The van der Waals surface area contributed by atoms with Gasteiger partial charge in [0.2, 0.25) is 5.91 Å². The summed E-state index contributed by atoms with van der Waals surface area (Å²) in [5.41, 5.74) is 0. The third-order valence-corrected chi connectivity index (χ3v) is 16.3. The van der Waals surface area contributed by atoms with Crippen molar-refractivity contribution in [2.75, 3.05) is 26.4 Å². The van der Waals surface area contributed by atoms with Crippen LogP contribution in [0.3, 0.4) is 0 Å². The first-order valence-corrected chi connectivity index (χ1v) is 34.1. The highest BCUT2D eigenvalue weighted by molar-refractivity contribution is 5.76. The highest BCUT2D eigenvalue weighted by Crippen LogP contribution is 2.33. The predicted octanol–water partition coefficient (Wildman–Crippen LogP) is 8.66. The standard InChI is InChI=1S/C71H119NO18/c1-3-5-7-9-11-13-15-17-19-21-23-25-26-27-28-29-31-33-35-37-39-41-43-45-47-49-59(77)72-54(55(76)48-46-44-42-40-38-36-34-32-30-24-22-20-18-16-14-12-10-8-6-4-2)53-85-69-65(83)62(80)67(57(51-74)87-69)90-71-66(84)63(81)68(58(52-75)88-71)89-70-64(82)61(79)60(78)56(50-73)86-70/h5,7,11,13,17,19,23,25,27-28,30-33,38,40,46,48,54-58,60-71,73-76,78-84H,3-4,6,8-10,12,14-16,18,20-22,24,26,29,34-37,39,41-45,47,49-53H2,1-2H3,(H,72,77)/b7-5-,13-11-,19-17-,25-23-,28-27-,32-30+,33-31-,40-38+,48-46+. The van der Waals surface area contributed by atoms with E-state index in [0.717, 1.165) is 103 Å². The lowest BCUT2D eigenvalue weighted by molar-refractivity contribution is -0.379. The highest BCUT2D eigenvalue weighted by atomic mass is 16.8. The van der Waals surface area contributed by atoms with Gasteiger partial charge in [-0.25, -0.2) is 0 Å². The molecule has 3 rings (SSSR count). The van der Waals surface area contributed by atoms with E-state index in [1.165, 1.54) is 64.2 Å². The fraction of sp³-hybridized carbons (Fsp3) is 0.732. The third kappa shape index (κ3) is 33.5. The predicted molar refractivity (Wildman–Crippen MR) is 350 cm³/mol. The molecule has 3 heterocycles. The number of allylic oxidation sites excluding steroid dienone is 17. The molecule has 17 atom stereocenters. The molecule has 19 heteroatoms. The monoisotopic (exact) mass is 1270 g/mol. The Bertz CT molecular complexity index is 2060. The second-order valence-electron chi connectivity index (χ2n) is 23.9. The lowest BCUT2D eigenvalue weighted by Gasteiger charge is -2.48. The van der Waals surface area contributed by atoms with Crippen LogP contribution in [0.1, 0.15) is 200 Å². The van der Waals surface area contributed by atoms with E-state index in [9.17, 15) is 61.0 Å². The summed E-state index contributed by atoms with van der Waals surface area (Å²) in [7, 11) is 0. The van der Waals surface area contributed by atoms with Gasteiger partial charge in [0.25, 0.3) is 0 Å². The van der Waals surface area contributed by atoms with Gasteiger partial charge in [0.15, 0.2) is 18.9 Å². The number of aliphatic hydroxyl groups is 11. The molecule has 19 nitrogen and oxygen atoms in total. The second kappa shape index (κ2) is 51.8. The van der Waals surface area contributed by atoms with E-state index >= 15 is 0 Å². The average Bonchev–Trinajstić information content (AvgIpc) is 0.847. The molecule has 0 aliphatic carbocycles. The molecule has 0 spiro atoms. The van der Waals surface area contributed by atoms with Crippen LogP contribution in [0.4, 0.5) is 0 Å². The third-order valence-electron chi connectivity index (χ3n) is 16.3. The van der Waals surface area contributed by atoms with Crippen LogP contribution in [0.25, 0.3) is 0 Å². The van der Waals surface area contributed by atoms with Crippen LogP contribution in [-0.2, 0) is 33.2 Å². The Morgan fingerprint density at radius 1 is 0.411 bits per heavy atom. The van der Waals surface area contributed by atoms with E-state index in [1.54, 1.807) is 6.08 Å². The Kier molecular flexibility index (Phi) is 46.5. The zero-order chi connectivity index (χ0) is 65.4. The maximum atomic E-state index is 13.4. The molecule has 3 aliphatic heterocycles. The van der Waals surface area contributed by atoms with Crippen LogP contribution in [0.5, 0.6) is 0 Å². The first-order chi connectivity index (χ1) is 43.8. The topological polar surface area (TPSA) is 307 Å². The van der Waals surface area contributed by atoms with Gasteiger partial charge in [0.1, 0.15) is 73.2 Å². The number of nitrogens with one attached hydrogen (secondary N) is 1. The molecule has 516 valence electrons. The largest absolute Gasteiger partial charge is 0.394 e. The van der Waals surface area contributed by atoms with E-state index in [2.05, 4.69) is 116 Å². The quantitative estimate of drug-likeness (QED) is 0.0200. The summed E-state index contributed by atoms with van der Waals surface area (Å²) in [5, 5.41) is 120. The van der Waals surface area contributed by atoms with Crippen molar-refractivity contribution in [2.45, 2.75) is 304 Å². The van der Waals surface area contributed by atoms with Crippen LogP contribution in [0, 0.1) is 0 Å². The summed E-state index contributed by atoms with van der Waals surface area (Å²) in [6.07, 6.45) is 42.0. The summed E-state index contributed by atoms with van der Waals surface area (Å²) in [6, 6.07) is -1.01. The molecule has 1 amide bonds. The zero-order valence-electron chi connectivity index (χ0n) is 54.3. The normalized spacial score (nSPS) is 28.7. The summed E-state index contributed by atoms with van der Waals surface area (Å²) >= 11 is 0. The summed E-state index contributed by atoms with van der Waals surface area (Å²) in [6.45, 7) is 1.56. The van der Waals surface area contributed by atoms with Gasteiger partial charge >= 0.3 is 0 Å². The van der Waals surface area contributed by atoms with Crippen molar-refractivity contribution in [1.29, 1.82) is 0 Å². The van der Waals surface area contributed by atoms with Crippen molar-refractivity contribution in [2.24, 2.45) is 0 Å². The summed E-state index contributed by atoms with van der Waals surface area (Å²) in [5.74, 6) is -0.309. The number of ether oxygens (including phenoxy) is 6. The number of carbonyl (C=O) groups is 1. The molecular formula is C71H119NO18. The van der Waals surface area contributed by atoms with Crippen LogP contribution in [0.15, 0.2) is 109 Å². The summed E-state index contributed by atoms with van der Waals surface area (Å²) in [4.78, 5) is 13.4. The lowest BCUT2D eigenvalue weighted by atomic mass is 9.96. The van der Waals surface area contributed by atoms with Crippen LogP contribution in [0.2, 0.25) is 0 Å². The number of amides is 1. The van der Waals surface area contributed by atoms with Crippen molar-refractivity contribution in [3.8, 4) is 0 Å². The molecule has 0 radical (unpaired) electrons. The van der Waals surface area contributed by atoms with E-state index < -0.39 is 124 Å². The van der Waals surface area contributed by atoms with E-state index in [4.69, 9.17) is 28.4 Å². The molecule has 17 unspecified atom stereocenters. The molecule has 0 aromatic heterocycles.